The Morgan fingerprint density at radius 2 is 1.80 bits per heavy atom. The lowest BCUT2D eigenvalue weighted by atomic mass is 10.2. The molecule has 0 aliphatic heterocycles. The van der Waals surface area contributed by atoms with Crippen molar-refractivity contribution in [2.45, 2.75) is 6.92 Å². The average molecular weight is 280 g/mol. The molecular formula is C12H16N4O4. The van der Waals surface area contributed by atoms with Crippen LogP contribution in [-0.4, -0.2) is 42.5 Å². The van der Waals surface area contributed by atoms with E-state index in [1.807, 2.05) is 0 Å². The number of pyridine rings is 1. The summed E-state index contributed by atoms with van der Waals surface area (Å²) in [6.45, 7) is 1.56. The molecule has 108 valence electrons. The van der Waals surface area contributed by atoms with Crippen molar-refractivity contribution in [3.63, 3.8) is 0 Å². The number of primary amides is 2. The lowest BCUT2D eigenvalue weighted by Crippen LogP contribution is -2.40. The van der Waals surface area contributed by atoms with Crippen LogP contribution in [0.5, 0.6) is 0 Å². The third-order valence-electron chi connectivity index (χ3n) is 2.28. The van der Waals surface area contributed by atoms with Crippen molar-refractivity contribution < 1.29 is 19.1 Å². The summed E-state index contributed by atoms with van der Waals surface area (Å²) in [5.41, 5.74) is 10.5. The summed E-state index contributed by atoms with van der Waals surface area (Å²) >= 11 is 0. The molecule has 0 radical (unpaired) electrons. The van der Waals surface area contributed by atoms with Gasteiger partial charge in [0.2, 0.25) is 11.8 Å². The zero-order chi connectivity index (χ0) is 15.1. The van der Waals surface area contributed by atoms with Gasteiger partial charge < -0.3 is 21.1 Å². The number of carbonyl (C=O) groups is 3. The van der Waals surface area contributed by atoms with E-state index < -0.39 is 17.8 Å². The maximum atomic E-state index is 11.5. The smallest absolute Gasteiger partial charge is 0.339 e. The van der Waals surface area contributed by atoms with Crippen LogP contribution in [0.2, 0.25) is 0 Å². The Morgan fingerprint density at radius 1 is 1.20 bits per heavy atom. The van der Waals surface area contributed by atoms with Gasteiger partial charge in [-0.2, -0.15) is 0 Å². The van der Waals surface area contributed by atoms with Gasteiger partial charge in [0.15, 0.2) is 0 Å². The Kier molecular flexibility index (Phi) is 5.45. The largest absolute Gasteiger partial charge is 0.462 e. The fourth-order valence-electron chi connectivity index (χ4n) is 1.50. The zero-order valence-electron chi connectivity index (χ0n) is 11.0. The first-order chi connectivity index (χ1) is 9.43. The second-order valence-corrected chi connectivity index (χ2v) is 3.91. The molecule has 1 heterocycles. The molecule has 0 bridgehead atoms. The summed E-state index contributed by atoms with van der Waals surface area (Å²) in [6.07, 6.45) is 1.29. The molecule has 0 atom stereocenters. The minimum Gasteiger partial charge on any atom is -0.462 e. The van der Waals surface area contributed by atoms with Gasteiger partial charge in [0.25, 0.3) is 0 Å². The lowest BCUT2D eigenvalue weighted by Gasteiger charge is -2.20. The van der Waals surface area contributed by atoms with Gasteiger partial charge in [0, 0.05) is 6.20 Å². The van der Waals surface area contributed by atoms with Gasteiger partial charge in [0.1, 0.15) is 5.82 Å². The molecule has 1 aromatic heterocycles. The van der Waals surface area contributed by atoms with Gasteiger partial charge >= 0.3 is 5.97 Å². The number of hydrogen-bond donors (Lipinski definition) is 2. The molecule has 0 saturated heterocycles. The van der Waals surface area contributed by atoms with Crippen LogP contribution in [0.3, 0.4) is 0 Å². The molecule has 4 N–H and O–H groups in total. The normalized spacial score (nSPS) is 9.85. The highest BCUT2D eigenvalue weighted by Gasteiger charge is 2.14. The number of anilines is 1. The highest BCUT2D eigenvalue weighted by atomic mass is 16.5. The number of hydrogen-bond acceptors (Lipinski definition) is 6. The van der Waals surface area contributed by atoms with Crippen LogP contribution < -0.4 is 16.4 Å². The van der Waals surface area contributed by atoms with E-state index in [2.05, 4.69) is 4.98 Å². The summed E-state index contributed by atoms with van der Waals surface area (Å²) in [7, 11) is 0. The van der Waals surface area contributed by atoms with Gasteiger partial charge in [0.05, 0.1) is 25.3 Å². The van der Waals surface area contributed by atoms with Crippen molar-refractivity contribution in [1.82, 2.24) is 4.98 Å². The Balaban J connectivity index is 2.89. The third-order valence-corrected chi connectivity index (χ3v) is 2.28. The molecule has 0 aliphatic rings. The molecule has 0 fully saturated rings. The highest BCUT2D eigenvalue weighted by Crippen LogP contribution is 2.11. The van der Waals surface area contributed by atoms with E-state index in [0.29, 0.717) is 5.82 Å². The number of nitrogens with zero attached hydrogens (tertiary/aromatic N) is 2. The van der Waals surface area contributed by atoms with Crippen LogP contribution in [0.15, 0.2) is 18.3 Å². The van der Waals surface area contributed by atoms with Gasteiger partial charge in [-0.15, -0.1) is 0 Å². The number of aromatic nitrogens is 1. The fourth-order valence-corrected chi connectivity index (χ4v) is 1.50. The lowest BCUT2D eigenvalue weighted by molar-refractivity contribution is -0.117. The van der Waals surface area contributed by atoms with Gasteiger partial charge in [-0.3, -0.25) is 9.59 Å². The number of amides is 2. The van der Waals surface area contributed by atoms with E-state index in [1.165, 1.54) is 23.2 Å². The molecular weight excluding hydrogens is 264 g/mol. The Hall–Kier alpha value is -2.64. The molecule has 8 nitrogen and oxygen atoms in total. The first kappa shape index (κ1) is 15.4. The van der Waals surface area contributed by atoms with E-state index in [1.54, 1.807) is 6.92 Å². The maximum absolute atomic E-state index is 11.5. The first-order valence-electron chi connectivity index (χ1n) is 5.88. The quantitative estimate of drug-likeness (QED) is 0.619. The predicted octanol–water partition coefficient (Wildman–Crippen LogP) is -0.965. The van der Waals surface area contributed by atoms with E-state index in [-0.39, 0.29) is 25.3 Å². The standard InChI is InChI=1S/C12H16N4O4/c1-2-20-12(19)8-3-4-11(15-5-8)16(6-9(13)17)7-10(14)18/h3-5H,2,6-7H2,1H3,(H2,13,17)(H2,14,18). The number of nitrogens with two attached hydrogens (primary N) is 2. The molecule has 0 spiro atoms. The molecule has 1 aromatic rings. The number of ether oxygens (including phenoxy) is 1. The molecule has 0 aliphatic carbocycles. The monoisotopic (exact) mass is 280 g/mol. The summed E-state index contributed by atoms with van der Waals surface area (Å²) in [5, 5.41) is 0. The van der Waals surface area contributed by atoms with Crippen LogP contribution in [0.1, 0.15) is 17.3 Å². The minimum absolute atomic E-state index is 0.200. The minimum atomic E-state index is -0.623. The first-order valence-corrected chi connectivity index (χ1v) is 5.88. The molecule has 1 rings (SSSR count). The molecule has 0 saturated carbocycles. The Bertz CT molecular complexity index is 485. The van der Waals surface area contributed by atoms with Crippen LogP contribution in [0, 0.1) is 0 Å². The molecule has 2 amide bonds. The van der Waals surface area contributed by atoms with Crippen molar-refractivity contribution in [3.8, 4) is 0 Å². The number of rotatable bonds is 7. The van der Waals surface area contributed by atoms with Crippen molar-refractivity contribution in [1.29, 1.82) is 0 Å². The third kappa shape index (κ3) is 4.56. The van der Waals surface area contributed by atoms with Gasteiger partial charge in [-0.1, -0.05) is 0 Å². The number of carbonyl (C=O) groups excluding carboxylic acids is 3. The highest BCUT2D eigenvalue weighted by molar-refractivity contribution is 5.89. The van der Waals surface area contributed by atoms with Crippen LogP contribution in [0.4, 0.5) is 5.82 Å². The average Bonchev–Trinajstić information content (AvgIpc) is 2.37. The molecule has 20 heavy (non-hydrogen) atoms. The van der Waals surface area contributed by atoms with Crippen LogP contribution >= 0.6 is 0 Å². The zero-order valence-corrected chi connectivity index (χ0v) is 11.0. The second kappa shape index (κ2) is 7.07. The fraction of sp³-hybridized carbons (Fsp3) is 0.333. The SMILES string of the molecule is CCOC(=O)c1ccc(N(CC(N)=O)CC(N)=O)nc1. The maximum Gasteiger partial charge on any atom is 0.339 e. The summed E-state index contributed by atoms with van der Waals surface area (Å²) in [5.74, 6) is -1.43. The van der Waals surface area contributed by atoms with Crippen molar-refractivity contribution in [2.24, 2.45) is 11.5 Å². The topological polar surface area (TPSA) is 129 Å². The van der Waals surface area contributed by atoms with E-state index in [4.69, 9.17) is 16.2 Å². The van der Waals surface area contributed by atoms with Crippen LogP contribution in [0.25, 0.3) is 0 Å². The van der Waals surface area contributed by atoms with Crippen molar-refractivity contribution in [2.75, 3.05) is 24.6 Å². The Morgan fingerprint density at radius 3 is 2.20 bits per heavy atom. The van der Waals surface area contributed by atoms with E-state index in [0.717, 1.165) is 0 Å². The van der Waals surface area contributed by atoms with Gasteiger partial charge in [-0.05, 0) is 19.1 Å². The second-order valence-electron chi connectivity index (χ2n) is 3.91. The Labute approximate surface area is 115 Å². The molecule has 0 aromatic carbocycles. The summed E-state index contributed by atoms with van der Waals surface area (Å²) < 4.78 is 4.82. The van der Waals surface area contributed by atoms with Crippen molar-refractivity contribution in [3.05, 3.63) is 23.9 Å². The molecule has 0 unspecified atom stereocenters. The van der Waals surface area contributed by atoms with E-state index >= 15 is 0 Å². The van der Waals surface area contributed by atoms with E-state index in [9.17, 15) is 14.4 Å². The summed E-state index contributed by atoms with van der Waals surface area (Å²) in [4.78, 5) is 38.7. The van der Waals surface area contributed by atoms with Crippen LogP contribution in [-0.2, 0) is 14.3 Å². The van der Waals surface area contributed by atoms with Gasteiger partial charge in [-0.25, -0.2) is 9.78 Å². The number of esters is 1. The summed E-state index contributed by atoms with van der Waals surface area (Å²) in [6, 6.07) is 2.97. The molecule has 8 heteroatoms. The van der Waals surface area contributed by atoms with Crippen molar-refractivity contribution >= 4 is 23.6 Å². The predicted molar refractivity (Wildman–Crippen MR) is 70.8 cm³/mol.